The Kier molecular flexibility index (Phi) is 5.40. The van der Waals surface area contributed by atoms with Gasteiger partial charge in [0.2, 0.25) is 0 Å². The molecule has 0 aliphatic rings. The second kappa shape index (κ2) is 9.59. The monoisotopic (exact) mass is 567 g/mol. The third-order valence-corrected chi connectivity index (χ3v) is 9.64. The molecule has 9 rings (SSSR count). The molecule has 2 nitrogen and oxygen atoms in total. The molecule has 0 bridgehead atoms. The fourth-order valence-electron chi connectivity index (χ4n) is 6.48. The number of hydrogen-bond acceptors (Lipinski definition) is 3. The van der Waals surface area contributed by atoms with Crippen LogP contribution in [0, 0.1) is 0 Å². The number of benzene rings is 7. The molecular weight excluding hydrogens is 543 g/mol. The van der Waals surface area contributed by atoms with Gasteiger partial charge in [-0.25, -0.2) is 0 Å². The molecule has 0 aliphatic carbocycles. The van der Waals surface area contributed by atoms with E-state index >= 15 is 0 Å². The van der Waals surface area contributed by atoms with Crippen molar-refractivity contribution in [2.75, 3.05) is 4.90 Å². The molecule has 0 fully saturated rings. The number of fused-ring (bicyclic) bond motifs is 9. The lowest BCUT2D eigenvalue weighted by atomic mass is 10.0. The van der Waals surface area contributed by atoms with Gasteiger partial charge in [-0.1, -0.05) is 103 Å². The molecule has 0 saturated carbocycles. The summed E-state index contributed by atoms with van der Waals surface area (Å²) in [6, 6.07) is 53.9. The van der Waals surface area contributed by atoms with Gasteiger partial charge < -0.3 is 9.32 Å². The van der Waals surface area contributed by atoms with E-state index in [2.05, 4.69) is 157 Å². The highest BCUT2D eigenvalue weighted by Crippen LogP contribution is 2.47. The molecule has 2 heterocycles. The van der Waals surface area contributed by atoms with Crippen LogP contribution in [0.3, 0.4) is 0 Å². The van der Waals surface area contributed by atoms with Crippen molar-refractivity contribution in [3.05, 3.63) is 152 Å². The molecule has 0 N–H and O–H groups in total. The van der Waals surface area contributed by atoms with E-state index in [1.54, 1.807) is 0 Å². The van der Waals surface area contributed by atoms with Crippen molar-refractivity contribution in [2.24, 2.45) is 0 Å². The molecule has 0 amide bonds. The molecule has 0 unspecified atom stereocenters. The Morgan fingerprint density at radius 2 is 1.16 bits per heavy atom. The van der Waals surface area contributed by atoms with Crippen LogP contribution in [0.15, 0.2) is 156 Å². The molecule has 202 valence electrons. The largest absolute Gasteiger partial charge is 0.454 e. The minimum atomic E-state index is 0.892. The van der Waals surface area contributed by atoms with Crippen LogP contribution in [-0.4, -0.2) is 0 Å². The summed E-state index contributed by atoms with van der Waals surface area (Å²) in [6.45, 7) is 0. The highest BCUT2D eigenvalue weighted by molar-refractivity contribution is 7.27. The predicted molar refractivity (Wildman–Crippen MR) is 184 cm³/mol. The molecule has 0 atom stereocenters. The first-order valence-corrected chi connectivity index (χ1v) is 15.3. The van der Waals surface area contributed by atoms with Crippen LogP contribution < -0.4 is 4.90 Å². The lowest BCUT2D eigenvalue weighted by Crippen LogP contribution is -2.10. The zero-order valence-corrected chi connectivity index (χ0v) is 24.0. The predicted octanol–water partition coefficient (Wildman–Crippen LogP) is 12.2. The van der Waals surface area contributed by atoms with Crippen LogP contribution in [-0.2, 0) is 0 Å². The average molecular weight is 568 g/mol. The number of para-hydroxylation sites is 2. The van der Waals surface area contributed by atoms with Crippen molar-refractivity contribution in [2.45, 2.75) is 0 Å². The van der Waals surface area contributed by atoms with Gasteiger partial charge in [0.05, 0.1) is 5.69 Å². The Hall–Kier alpha value is -5.38. The molecular formula is C40H25NOS. The fraction of sp³-hybridized carbons (Fsp3) is 0. The third-order valence-electron chi connectivity index (χ3n) is 8.46. The van der Waals surface area contributed by atoms with E-state index in [0.717, 1.165) is 33.6 Å². The summed E-state index contributed by atoms with van der Waals surface area (Å²) in [5.74, 6) is 0. The van der Waals surface area contributed by atoms with Crippen molar-refractivity contribution < 1.29 is 4.42 Å². The van der Waals surface area contributed by atoms with E-state index in [0.29, 0.717) is 0 Å². The lowest BCUT2D eigenvalue weighted by Gasteiger charge is -2.25. The summed E-state index contributed by atoms with van der Waals surface area (Å²) in [5.41, 5.74) is 7.39. The molecule has 0 spiro atoms. The molecule has 2 aromatic heterocycles. The van der Waals surface area contributed by atoms with Crippen LogP contribution in [0.25, 0.3) is 64.0 Å². The van der Waals surface area contributed by atoms with Gasteiger partial charge in [0.1, 0.15) is 5.58 Å². The zero-order valence-electron chi connectivity index (χ0n) is 23.2. The molecule has 0 radical (unpaired) electrons. The summed E-state index contributed by atoms with van der Waals surface area (Å²) in [4.78, 5) is 2.30. The Labute approximate surface area is 252 Å². The molecule has 0 saturated heterocycles. The van der Waals surface area contributed by atoms with Gasteiger partial charge in [-0.2, -0.15) is 0 Å². The van der Waals surface area contributed by atoms with Gasteiger partial charge in [0.25, 0.3) is 0 Å². The minimum absolute atomic E-state index is 0.892. The molecule has 3 heteroatoms. The summed E-state index contributed by atoms with van der Waals surface area (Å²) in [6.07, 6.45) is 0. The summed E-state index contributed by atoms with van der Waals surface area (Å²) < 4.78 is 9.34. The normalized spacial score (nSPS) is 11.7. The van der Waals surface area contributed by atoms with E-state index < -0.39 is 0 Å². The Morgan fingerprint density at radius 1 is 0.465 bits per heavy atom. The molecule has 9 aromatic rings. The maximum absolute atomic E-state index is 6.76. The average Bonchev–Trinajstić information content (AvgIpc) is 3.65. The summed E-state index contributed by atoms with van der Waals surface area (Å²) in [5, 5.41) is 7.51. The zero-order chi connectivity index (χ0) is 28.3. The third kappa shape index (κ3) is 3.79. The van der Waals surface area contributed by atoms with Gasteiger partial charge >= 0.3 is 0 Å². The number of hydrogen-bond donors (Lipinski definition) is 0. The fourth-order valence-corrected chi connectivity index (χ4v) is 7.76. The summed E-state index contributed by atoms with van der Waals surface area (Å²) in [7, 11) is 0. The maximum atomic E-state index is 6.76. The van der Waals surface area contributed by atoms with Crippen molar-refractivity contribution in [1.82, 2.24) is 0 Å². The van der Waals surface area contributed by atoms with Crippen LogP contribution in [0.1, 0.15) is 0 Å². The quantitative estimate of drug-likeness (QED) is 0.210. The molecule has 0 aliphatic heterocycles. The first-order chi connectivity index (χ1) is 21.3. The van der Waals surface area contributed by atoms with Gasteiger partial charge in [0, 0.05) is 42.3 Å². The van der Waals surface area contributed by atoms with Crippen molar-refractivity contribution >= 4 is 81.3 Å². The number of thiophene rings is 1. The standard InChI is InChI=1S/C40H25NOS/c1-3-10-26(11-4-1)27-18-21-30(22-19-27)41(29-13-5-2-6-14-29)34-17-9-16-32-38-35(42-39(32)34)24-23-33-37-31-15-8-7-12-28(31)20-25-36(37)43-40(33)38/h1-25H. The highest BCUT2D eigenvalue weighted by atomic mass is 32.1. The summed E-state index contributed by atoms with van der Waals surface area (Å²) >= 11 is 1.86. The van der Waals surface area contributed by atoms with Crippen LogP contribution >= 0.6 is 11.3 Å². The van der Waals surface area contributed by atoms with Crippen molar-refractivity contribution in [1.29, 1.82) is 0 Å². The maximum Gasteiger partial charge on any atom is 0.159 e. The molecule has 7 aromatic carbocycles. The van der Waals surface area contributed by atoms with Crippen molar-refractivity contribution in [3.63, 3.8) is 0 Å². The van der Waals surface area contributed by atoms with E-state index in [4.69, 9.17) is 4.42 Å². The second-order valence-electron chi connectivity index (χ2n) is 10.9. The second-order valence-corrected chi connectivity index (χ2v) is 12.0. The van der Waals surface area contributed by atoms with Gasteiger partial charge in [-0.05, 0) is 70.4 Å². The number of anilines is 3. The number of furan rings is 1. The van der Waals surface area contributed by atoms with Crippen molar-refractivity contribution in [3.8, 4) is 11.1 Å². The minimum Gasteiger partial charge on any atom is -0.454 e. The van der Waals surface area contributed by atoms with E-state index in [9.17, 15) is 0 Å². The lowest BCUT2D eigenvalue weighted by molar-refractivity contribution is 0.669. The van der Waals surface area contributed by atoms with E-state index in [-0.39, 0.29) is 0 Å². The first kappa shape index (κ1) is 24.2. The van der Waals surface area contributed by atoms with Gasteiger partial charge in [-0.3, -0.25) is 0 Å². The topological polar surface area (TPSA) is 16.4 Å². The number of nitrogens with zero attached hydrogens (tertiary/aromatic N) is 1. The highest BCUT2D eigenvalue weighted by Gasteiger charge is 2.21. The van der Waals surface area contributed by atoms with Crippen LogP contribution in [0.5, 0.6) is 0 Å². The van der Waals surface area contributed by atoms with E-state index in [1.807, 2.05) is 11.3 Å². The molecule has 43 heavy (non-hydrogen) atoms. The van der Waals surface area contributed by atoms with Crippen LogP contribution in [0.2, 0.25) is 0 Å². The van der Waals surface area contributed by atoms with Gasteiger partial charge in [-0.15, -0.1) is 11.3 Å². The van der Waals surface area contributed by atoms with Crippen LogP contribution in [0.4, 0.5) is 17.1 Å². The Balaban J connectivity index is 1.28. The smallest absolute Gasteiger partial charge is 0.159 e. The number of rotatable bonds is 4. The Morgan fingerprint density at radius 3 is 2.00 bits per heavy atom. The SMILES string of the molecule is c1ccc(-c2ccc(N(c3ccccc3)c3cccc4c3oc3ccc5c(sc6ccc7ccccc7c65)c34)cc2)cc1. The first-order valence-electron chi connectivity index (χ1n) is 14.5. The van der Waals surface area contributed by atoms with E-state index in [1.165, 1.54) is 47.5 Å². The Bertz CT molecular complexity index is 2440. The van der Waals surface area contributed by atoms with Gasteiger partial charge in [0.15, 0.2) is 5.58 Å².